The van der Waals surface area contributed by atoms with Crippen LogP contribution in [0.4, 0.5) is 5.82 Å². The first kappa shape index (κ1) is 25.0. The van der Waals surface area contributed by atoms with Crippen molar-refractivity contribution in [2.45, 2.75) is 31.1 Å². The van der Waals surface area contributed by atoms with Gasteiger partial charge in [0.25, 0.3) is 15.9 Å². The fourth-order valence-corrected chi connectivity index (χ4v) is 4.44. The first-order valence-electron chi connectivity index (χ1n) is 12.8. The minimum absolute atomic E-state index is 0.0307. The molecule has 2 aromatic carbocycles. The van der Waals surface area contributed by atoms with Crippen molar-refractivity contribution in [2.24, 2.45) is 0 Å². The fourth-order valence-electron chi connectivity index (χ4n) is 3.44. The van der Waals surface area contributed by atoms with Gasteiger partial charge in [0.05, 0.1) is 21.3 Å². The minimum Gasteiger partial charge on any atom is -0.493 e. The molecule has 0 unspecified atom stereocenters. The lowest BCUT2D eigenvalue weighted by molar-refractivity contribution is 0.192. The fraction of sp³-hybridized carbons (Fsp3) is 0.259. The number of aliphatic hydroxyl groups is 1. The highest BCUT2D eigenvalue weighted by Crippen LogP contribution is 2.41. The predicted octanol–water partition coefficient (Wildman–Crippen LogP) is 4.20. The van der Waals surface area contributed by atoms with E-state index in [1.807, 2.05) is 20.8 Å². The number of anilines is 1. The summed E-state index contributed by atoms with van der Waals surface area (Å²) in [5.41, 5.74) is 0.753. The van der Waals surface area contributed by atoms with Gasteiger partial charge < -0.3 is 19.3 Å². The Kier molecular flexibility index (Phi) is 7.45. The van der Waals surface area contributed by atoms with E-state index >= 15 is 0 Å². The van der Waals surface area contributed by atoms with Gasteiger partial charge in [-0.2, -0.15) is 4.98 Å². The second-order valence-electron chi connectivity index (χ2n) is 9.18. The third-order valence-corrected chi connectivity index (χ3v) is 6.77. The molecule has 0 aliphatic carbocycles. The summed E-state index contributed by atoms with van der Waals surface area (Å²) in [4.78, 5) is 16.8. The van der Waals surface area contributed by atoms with Crippen LogP contribution in [0.15, 0.2) is 71.9 Å². The molecule has 0 amide bonds. The highest BCUT2D eigenvalue weighted by Gasteiger charge is 2.26. The van der Waals surface area contributed by atoms with Gasteiger partial charge in [0.1, 0.15) is 6.61 Å². The number of nitrogens with one attached hydrogen (secondary N) is 1. The Labute approximate surface area is 229 Å². The van der Waals surface area contributed by atoms with Crippen LogP contribution in [-0.4, -0.2) is 53.7 Å². The highest BCUT2D eigenvalue weighted by atomic mass is 32.2. The molecular formula is C27H29N5O6S. The molecule has 0 aliphatic rings. The van der Waals surface area contributed by atoms with Gasteiger partial charge in [-0.15, -0.1) is 0 Å². The maximum atomic E-state index is 13.5. The first-order valence-corrected chi connectivity index (χ1v) is 13.2. The lowest BCUT2D eigenvalue weighted by atomic mass is 9.87. The molecular weight excluding hydrogens is 522 g/mol. The molecule has 2 N–H and O–H groups in total. The Morgan fingerprint density at radius 3 is 2.23 bits per heavy atom. The number of hydrogen-bond donors (Lipinski definition) is 2. The topological polar surface area (TPSA) is 146 Å². The molecule has 12 heteroatoms. The number of rotatable bonds is 10. The number of aromatic nitrogens is 4. The van der Waals surface area contributed by atoms with E-state index in [9.17, 15) is 13.5 Å². The molecule has 0 spiro atoms. The molecule has 4 rings (SSSR count). The molecule has 0 saturated carbocycles. The Morgan fingerprint density at radius 1 is 0.949 bits per heavy atom. The molecule has 0 aliphatic heterocycles. The van der Waals surface area contributed by atoms with Gasteiger partial charge in [0.2, 0.25) is 11.6 Å². The van der Waals surface area contributed by atoms with E-state index in [4.69, 9.17) is 17.0 Å². The summed E-state index contributed by atoms with van der Waals surface area (Å²) in [7, 11) is -2.81. The van der Waals surface area contributed by atoms with Crippen LogP contribution >= 0.6 is 0 Å². The van der Waals surface area contributed by atoms with E-state index in [1.54, 1.807) is 42.5 Å². The van der Waals surface area contributed by atoms with E-state index in [0.717, 1.165) is 5.56 Å². The van der Waals surface area contributed by atoms with Gasteiger partial charge in [-0.3, -0.25) is 4.72 Å². The zero-order valence-corrected chi connectivity index (χ0v) is 22.6. The summed E-state index contributed by atoms with van der Waals surface area (Å²) in [6, 6.07) is 14.5. The van der Waals surface area contributed by atoms with E-state index in [2.05, 4.69) is 24.7 Å². The van der Waals surface area contributed by atoms with Gasteiger partial charge >= 0.3 is 0 Å². The lowest BCUT2D eigenvalue weighted by Crippen LogP contribution is -2.17. The Balaban J connectivity index is 1.87. The zero-order chi connectivity index (χ0) is 29.8. The number of sulfonamides is 1. The van der Waals surface area contributed by atoms with Crippen molar-refractivity contribution in [3.8, 4) is 34.8 Å². The molecule has 4 aromatic rings. The molecule has 0 atom stereocenters. The number of nitrogens with zero attached hydrogens (tertiary/aromatic N) is 4. The maximum Gasteiger partial charge on any atom is 0.263 e. The second kappa shape index (κ2) is 11.6. The number of hydrogen-bond acceptors (Lipinski definition) is 10. The molecule has 2 aromatic heterocycles. The average molecular weight is 554 g/mol. The van der Waals surface area contributed by atoms with Gasteiger partial charge in [0.15, 0.2) is 23.1 Å². The normalized spacial score (nSPS) is 12.7. The summed E-state index contributed by atoms with van der Waals surface area (Å²) in [5, 5.41) is 9.68. The van der Waals surface area contributed by atoms with Gasteiger partial charge in [0, 0.05) is 12.4 Å². The van der Waals surface area contributed by atoms with Crippen molar-refractivity contribution in [2.75, 3.05) is 25.0 Å². The summed E-state index contributed by atoms with van der Waals surface area (Å²) < 4.78 is 61.3. The third-order valence-electron chi connectivity index (χ3n) is 5.42. The largest absolute Gasteiger partial charge is 0.493 e. The molecule has 11 nitrogen and oxygen atoms in total. The molecule has 39 heavy (non-hydrogen) atoms. The SMILES string of the molecule is [2H]C([2H])(O)COc1nc(-c2ncccn2)nc(NS(=O)(=O)c2ccc(C(C)(C)C)cc2)c1Oc1ccccc1OC. The number of ether oxygens (including phenoxy) is 3. The van der Waals surface area contributed by atoms with Crippen molar-refractivity contribution in [3.63, 3.8) is 0 Å². The van der Waals surface area contributed by atoms with E-state index < -0.39 is 23.2 Å². The zero-order valence-electron chi connectivity index (χ0n) is 23.7. The van der Waals surface area contributed by atoms with Crippen molar-refractivity contribution in [3.05, 3.63) is 72.6 Å². The van der Waals surface area contributed by atoms with Crippen LogP contribution in [-0.2, 0) is 15.4 Å². The molecule has 204 valence electrons. The smallest absolute Gasteiger partial charge is 0.263 e. The standard InChI is InChI=1S/C27H29N5O6S/c1-27(2,3)18-10-12-19(13-11-18)39(34,35)32-23-22(38-21-9-6-5-8-20(21)36-4)26(37-17-16-33)31-25(30-23)24-28-14-7-15-29-24/h5-15,33H,16-17H2,1-4H3,(H,30,31,32)/i16D2. The lowest BCUT2D eigenvalue weighted by Gasteiger charge is -2.20. The van der Waals surface area contributed by atoms with Gasteiger partial charge in [-0.1, -0.05) is 45.0 Å². The summed E-state index contributed by atoms with van der Waals surface area (Å²) in [6.45, 7) is 2.44. The average Bonchev–Trinajstić information content (AvgIpc) is 2.92. The Hall–Kier alpha value is -4.29. The molecule has 0 radical (unpaired) electrons. The summed E-state index contributed by atoms with van der Waals surface area (Å²) in [5.74, 6) is -0.690. The van der Waals surface area contributed by atoms with Gasteiger partial charge in [-0.25, -0.2) is 23.4 Å². The number of benzene rings is 2. The second-order valence-corrected chi connectivity index (χ2v) is 10.9. The third kappa shape index (κ3) is 6.59. The highest BCUT2D eigenvalue weighted by molar-refractivity contribution is 7.92. The van der Waals surface area contributed by atoms with Crippen LogP contribution in [0.3, 0.4) is 0 Å². The Bertz CT molecular complexity index is 1610. The monoisotopic (exact) mass is 553 g/mol. The number of para-hydroxylation sites is 2. The maximum absolute atomic E-state index is 13.5. The van der Waals surface area contributed by atoms with Crippen LogP contribution in [0.2, 0.25) is 0 Å². The molecule has 2 heterocycles. The quantitative estimate of drug-likeness (QED) is 0.293. The van der Waals surface area contributed by atoms with Crippen molar-refractivity contribution < 1.29 is 30.5 Å². The van der Waals surface area contributed by atoms with E-state index in [1.165, 1.54) is 31.6 Å². The van der Waals surface area contributed by atoms with Crippen LogP contribution in [0.25, 0.3) is 11.6 Å². The van der Waals surface area contributed by atoms with Crippen molar-refractivity contribution in [1.82, 2.24) is 19.9 Å². The number of methoxy groups -OCH3 is 1. The van der Waals surface area contributed by atoms with Crippen LogP contribution in [0.5, 0.6) is 23.1 Å². The van der Waals surface area contributed by atoms with E-state index in [-0.39, 0.29) is 45.2 Å². The molecule has 0 bridgehead atoms. The van der Waals surface area contributed by atoms with Crippen LogP contribution in [0, 0.1) is 0 Å². The summed E-state index contributed by atoms with van der Waals surface area (Å²) >= 11 is 0. The molecule has 0 saturated heterocycles. The minimum atomic E-state index is -4.24. The van der Waals surface area contributed by atoms with Crippen molar-refractivity contribution >= 4 is 15.8 Å². The first-order chi connectivity index (χ1) is 19.3. The van der Waals surface area contributed by atoms with Crippen molar-refractivity contribution in [1.29, 1.82) is 0 Å². The molecule has 0 fully saturated rings. The van der Waals surface area contributed by atoms with Crippen LogP contribution in [0.1, 0.15) is 29.1 Å². The van der Waals surface area contributed by atoms with Crippen LogP contribution < -0.4 is 18.9 Å². The van der Waals surface area contributed by atoms with E-state index in [0.29, 0.717) is 5.75 Å². The Morgan fingerprint density at radius 2 is 1.62 bits per heavy atom. The summed E-state index contributed by atoms with van der Waals surface area (Å²) in [6.07, 6.45) is 2.89. The predicted molar refractivity (Wildman–Crippen MR) is 145 cm³/mol. The van der Waals surface area contributed by atoms with Gasteiger partial charge in [-0.05, 0) is 41.3 Å².